The summed E-state index contributed by atoms with van der Waals surface area (Å²) in [5.41, 5.74) is -0.839. The highest BCUT2D eigenvalue weighted by Gasteiger charge is 2.30. The van der Waals surface area contributed by atoms with Crippen LogP contribution in [0.1, 0.15) is 5.56 Å². The maximum absolute atomic E-state index is 12.0. The average Bonchev–Trinajstić information content (AvgIpc) is 2.14. The first-order valence-electron chi connectivity index (χ1n) is 3.94. The maximum atomic E-state index is 12.0. The predicted molar refractivity (Wildman–Crippen MR) is 62.8 cm³/mol. The van der Waals surface area contributed by atoms with Gasteiger partial charge in [-0.2, -0.15) is 21.6 Å². The quantitative estimate of drug-likeness (QED) is 0.689. The SMILES string of the molecule is NS(N)(=O)=O.O=I(=O)c1ccc(C(F)(F)F)cc1. The monoisotopic (exact) mass is 400 g/mol. The molecule has 18 heavy (non-hydrogen) atoms. The highest BCUT2D eigenvalue weighted by Crippen LogP contribution is 2.30. The lowest BCUT2D eigenvalue weighted by Gasteiger charge is -2.04. The molecule has 1 aromatic rings. The summed E-state index contributed by atoms with van der Waals surface area (Å²) in [5.74, 6) is 0. The molecule has 0 saturated carbocycles. The number of benzene rings is 1. The summed E-state index contributed by atoms with van der Waals surface area (Å²) in [5, 5.41) is 8.21. The number of hydrogen-bond donors (Lipinski definition) is 2. The normalized spacial score (nSPS) is 11.9. The Morgan fingerprint density at radius 2 is 1.33 bits per heavy atom. The molecule has 0 radical (unpaired) electrons. The predicted octanol–water partition coefficient (Wildman–Crippen LogP) is 1.22. The Kier molecular flexibility index (Phi) is 6.12. The molecule has 0 aliphatic carbocycles. The molecule has 11 heteroatoms. The molecule has 0 saturated heterocycles. The molecule has 0 heterocycles. The summed E-state index contributed by atoms with van der Waals surface area (Å²) in [6.45, 7) is 0. The lowest BCUT2D eigenvalue weighted by atomic mass is 10.2. The molecule has 0 unspecified atom stereocenters. The van der Waals surface area contributed by atoms with Crippen molar-refractivity contribution in [3.63, 3.8) is 0 Å². The summed E-state index contributed by atoms with van der Waals surface area (Å²) >= 11 is -3.63. The first-order chi connectivity index (χ1) is 7.91. The van der Waals surface area contributed by atoms with Crippen LogP contribution in [0.5, 0.6) is 0 Å². The van der Waals surface area contributed by atoms with Gasteiger partial charge in [-0.3, -0.25) is 0 Å². The lowest BCUT2D eigenvalue weighted by molar-refractivity contribution is -0.137. The molecule has 0 aliphatic rings. The Hall–Kier alpha value is -0.790. The largest absolute Gasteiger partial charge is 0.416 e. The minimum Gasteiger partial charge on any atom is -0.230 e. The Balaban J connectivity index is 0.000000494. The zero-order chi connectivity index (χ0) is 14.6. The van der Waals surface area contributed by atoms with Crippen molar-refractivity contribution in [1.82, 2.24) is 0 Å². The van der Waals surface area contributed by atoms with Gasteiger partial charge >= 0.3 is 26.0 Å². The van der Waals surface area contributed by atoms with Gasteiger partial charge in [0.1, 0.15) is 0 Å². The van der Waals surface area contributed by atoms with Gasteiger partial charge in [0.05, 0.1) is 9.13 Å². The number of alkyl halides is 3. The topological polar surface area (TPSA) is 120 Å². The zero-order valence-corrected chi connectivity index (χ0v) is 11.5. The van der Waals surface area contributed by atoms with Crippen LogP contribution in [0.3, 0.4) is 0 Å². The van der Waals surface area contributed by atoms with Crippen LogP contribution in [0.4, 0.5) is 13.2 Å². The Labute approximate surface area is 107 Å². The second-order valence-corrected chi connectivity index (χ2v) is 6.48. The first-order valence-corrected chi connectivity index (χ1v) is 8.39. The van der Waals surface area contributed by atoms with E-state index < -0.39 is 41.7 Å². The molecule has 6 nitrogen and oxygen atoms in total. The van der Waals surface area contributed by atoms with E-state index in [0.29, 0.717) is 0 Å². The molecule has 0 aliphatic heterocycles. The fraction of sp³-hybridized carbons (Fsp3) is 0.143. The minimum absolute atomic E-state index is 0.0304. The molecule has 0 fully saturated rings. The third-order valence-corrected chi connectivity index (χ3v) is 3.09. The second-order valence-electron chi connectivity index (χ2n) is 2.81. The minimum atomic E-state index is -4.41. The molecule has 1 rings (SSSR count). The second kappa shape index (κ2) is 6.40. The van der Waals surface area contributed by atoms with Gasteiger partial charge in [-0.15, -0.1) is 0 Å². The molecule has 104 valence electrons. The average molecular weight is 400 g/mol. The maximum Gasteiger partial charge on any atom is 0.416 e. The molecule has 0 atom stereocenters. The summed E-state index contributed by atoms with van der Waals surface area (Å²) < 4.78 is 75.1. The molecule has 0 aromatic heterocycles. The van der Waals surface area contributed by atoms with Gasteiger partial charge in [-0.25, -0.2) is 16.4 Å². The van der Waals surface area contributed by atoms with Gasteiger partial charge in [0, 0.05) is 0 Å². The Morgan fingerprint density at radius 3 is 1.56 bits per heavy atom. The van der Waals surface area contributed by atoms with Crippen LogP contribution in [0.15, 0.2) is 24.3 Å². The highest BCUT2D eigenvalue weighted by atomic mass is 127. The molecule has 0 amide bonds. The van der Waals surface area contributed by atoms with Crippen molar-refractivity contribution in [1.29, 1.82) is 0 Å². The van der Waals surface area contributed by atoms with Gasteiger partial charge in [0.2, 0.25) is 0 Å². The summed E-state index contributed by atoms with van der Waals surface area (Å²) in [7, 11) is -3.67. The van der Waals surface area contributed by atoms with Crippen molar-refractivity contribution in [2.45, 2.75) is 6.18 Å². The van der Waals surface area contributed by atoms with Gasteiger partial charge in [-0.05, 0) is 24.3 Å². The Morgan fingerprint density at radius 1 is 1.00 bits per heavy atom. The summed E-state index contributed by atoms with van der Waals surface area (Å²) in [6, 6.07) is 3.45. The summed E-state index contributed by atoms with van der Waals surface area (Å²) in [6.07, 6.45) is -4.41. The van der Waals surface area contributed by atoms with E-state index >= 15 is 0 Å². The number of nitrogens with two attached hydrogens (primary N) is 2. The van der Waals surface area contributed by atoms with E-state index in [1.54, 1.807) is 0 Å². The van der Waals surface area contributed by atoms with Crippen molar-refractivity contribution >= 4 is 30.0 Å². The van der Waals surface area contributed by atoms with Crippen molar-refractivity contribution in [3.05, 3.63) is 33.4 Å². The van der Waals surface area contributed by atoms with Crippen LogP contribution in [0, 0.1) is 3.57 Å². The van der Waals surface area contributed by atoms with Crippen LogP contribution < -0.4 is 10.3 Å². The number of halogens is 4. The van der Waals surface area contributed by atoms with Gasteiger partial charge in [-0.1, -0.05) is 0 Å². The Bertz CT molecular complexity index is 549. The van der Waals surface area contributed by atoms with E-state index in [-0.39, 0.29) is 3.57 Å². The van der Waals surface area contributed by atoms with Gasteiger partial charge < -0.3 is 0 Å². The third-order valence-electron chi connectivity index (χ3n) is 1.35. The van der Waals surface area contributed by atoms with Gasteiger partial charge in [0.25, 0.3) is 10.2 Å². The van der Waals surface area contributed by atoms with Crippen molar-refractivity contribution in [2.75, 3.05) is 0 Å². The first kappa shape index (κ1) is 17.2. The standard InChI is InChI=1S/C7H4F3IO2.H4N2O2S/c8-7(9,10)5-1-3-6(4-2-5)11(12)13;1-5(2,3)4/h1-4H;(H4,1,2,3,4). The third kappa shape index (κ3) is 8.32. The van der Waals surface area contributed by atoms with E-state index in [1.165, 1.54) is 0 Å². The van der Waals surface area contributed by atoms with Crippen molar-refractivity contribution in [2.24, 2.45) is 10.3 Å². The lowest BCUT2D eigenvalue weighted by Crippen LogP contribution is -2.21. The number of rotatable bonds is 1. The zero-order valence-electron chi connectivity index (χ0n) is 8.52. The van der Waals surface area contributed by atoms with Crippen LogP contribution in [0.2, 0.25) is 0 Å². The fourth-order valence-electron chi connectivity index (χ4n) is 0.742. The molecule has 0 spiro atoms. The van der Waals surface area contributed by atoms with E-state index in [0.717, 1.165) is 24.3 Å². The van der Waals surface area contributed by atoms with Crippen molar-refractivity contribution < 1.29 is 27.7 Å². The fourth-order valence-corrected chi connectivity index (χ4v) is 1.69. The molecule has 4 N–H and O–H groups in total. The molecule has 1 aromatic carbocycles. The van der Waals surface area contributed by atoms with E-state index in [9.17, 15) is 27.7 Å². The van der Waals surface area contributed by atoms with Crippen molar-refractivity contribution in [3.8, 4) is 0 Å². The number of hydrogen-bond acceptors (Lipinski definition) is 4. The highest BCUT2D eigenvalue weighted by molar-refractivity contribution is 14.2. The van der Waals surface area contributed by atoms with E-state index in [2.05, 4.69) is 10.3 Å². The molecule has 0 bridgehead atoms. The smallest absolute Gasteiger partial charge is 0.230 e. The van der Waals surface area contributed by atoms with Crippen LogP contribution >= 0.6 is 19.8 Å². The van der Waals surface area contributed by atoms with E-state index in [1.807, 2.05) is 0 Å². The van der Waals surface area contributed by atoms with Gasteiger partial charge in [0.15, 0.2) is 0 Å². The van der Waals surface area contributed by atoms with Crippen LogP contribution in [-0.4, -0.2) is 8.42 Å². The van der Waals surface area contributed by atoms with E-state index in [4.69, 9.17) is 0 Å². The molecular formula is C7H8F3IN2O4S. The van der Waals surface area contributed by atoms with Crippen LogP contribution in [0.25, 0.3) is 0 Å². The molecular weight excluding hydrogens is 392 g/mol. The van der Waals surface area contributed by atoms with Crippen LogP contribution in [-0.2, 0) is 22.5 Å². The summed E-state index contributed by atoms with van der Waals surface area (Å²) in [4.78, 5) is 0.